The average molecular weight is 775 g/mol. The Morgan fingerprint density at radius 2 is 1.54 bits per heavy atom. The van der Waals surface area contributed by atoms with Gasteiger partial charge in [0.1, 0.15) is 0 Å². The number of anilines is 1. The van der Waals surface area contributed by atoms with Crippen LogP contribution in [0, 0.1) is 11.8 Å². The first-order chi connectivity index (χ1) is 25.8. The van der Waals surface area contributed by atoms with Crippen molar-refractivity contribution in [3.05, 3.63) is 75.3 Å². The number of amides is 2. The van der Waals surface area contributed by atoms with E-state index in [0.29, 0.717) is 50.0 Å². The normalized spacial score (nSPS) is 18.8. The summed E-state index contributed by atoms with van der Waals surface area (Å²) in [5.41, 5.74) is 5.25. The molecule has 1 atom stereocenters. The fourth-order valence-corrected chi connectivity index (χ4v) is 8.33. The number of piperidine rings is 3. The highest BCUT2D eigenvalue weighted by molar-refractivity contribution is 6.33. The molecule has 2 aromatic carbocycles. The Morgan fingerprint density at radius 1 is 0.926 bits per heavy atom. The topological polar surface area (TPSA) is 154 Å². The fraction of sp³-hybridized carbons (Fsp3) is 0.526. The van der Waals surface area contributed by atoms with Crippen LogP contribution in [0.25, 0.3) is 11.3 Å². The van der Waals surface area contributed by atoms with Crippen LogP contribution >= 0.6 is 11.6 Å². The molecule has 0 spiro atoms. The van der Waals surface area contributed by atoms with Gasteiger partial charge in [0.25, 0.3) is 5.91 Å². The molecule has 16 heteroatoms. The van der Waals surface area contributed by atoms with Crippen LogP contribution in [0.15, 0.2) is 53.5 Å². The molecule has 0 unspecified atom stereocenters. The van der Waals surface area contributed by atoms with Gasteiger partial charge in [-0.2, -0.15) is 13.2 Å². The van der Waals surface area contributed by atoms with Crippen molar-refractivity contribution in [3.8, 4) is 11.3 Å². The zero-order valence-corrected chi connectivity index (χ0v) is 30.7. The minimum atomic E-state index is -4.79. The smallest absolute Gasteiger partial charge is 0.418 e. The third kappa shape index (κ3) is 9.41. The zero-order chi connectivity index (χ0) is 38.6. The Labute approximate surface area is 316 Å². The van der Waals surface area contributed by atoms with E-state index in [0.717, 1.165) is 50.4 Å². The van der Waals surface area contributed by atoms with Crippen molar-refractivity contribution in [1.82, 2.24) is 24.3 Å². The van der Waals surface area contributed by atoms with Crippen molar-refractivity contribution in [3.63, 3.8) is 0 Å². The van der Waals surface area contributed by atoms with E-state index in [1.54, 1.807) is 15.7 Å². The predicted octanol–water partition coefficient (Wildman–Crippen LogP) is 5.91. The van der Waals surface area contributed by atoms with Crippen LogP contribution in [0.1, 0.15) is 62.1 Å². The van der Waals surface area contributed by atoms with Crippen LogP contribution < -0.4 is 11.4 Å². The highest BCUT2D eigenvalue weighted by Crippen LogP contribution is 2.39. The van der Waals surface area contributed by atoms with Gasteiger partial charge in [-0.15, -0.1) is 0 Å². The summed E-state index contributed by atoms with van der Waals surface area (Å²) in [5.74, 6) is -0.482. The summed E-state index contributed by atoms with van der Waals surface area (Å²) in [6.07, 6.45) is -1.15. The largest absolute Gasteiger partial charge is 0.481 e. The lowest BCUT2D eigenvalue weighted by Gasteiger charge is -2.41. The summed E-state index contributed by atoms with van der Waals surface area (Å²) < 4.78 is 49.0. The molecule has 3 aromatic rings. The number of likely N-dealkylation sites (tertiary alicyclic amines) is 3. The maximum absolute atomic E-state index is 14.1. The molecule has 0 radical (unpaired) electrons. The molecule has 3 fully saturated rings. The summed E-state index contributed by atoms with van der Waals surface area (Å²) in [6.45, 7) is 3.49. The lowest BCUT2D eigenvalue weighted by Crippen LogP contribution is -2.49. The predicted molar refractivity (Wildman–Crippen MR) is 196 cm³/mol. The van der Waals surface area contributed by atoms with Crippen molar-refractivity contribution >= 4 is 35.3 Å². The highest BCUT2D eigenvalue weighted by atomic mass is 35.5. The molecule has 12 nitrogen and oxygen atoms in total. The van der Waals surface area contributed by atoms with E-state index in [2.05, 4.69) is 9.88 Å². The number of hydrogen-bond donors (Lipinski definition) is 3. The Kier molecular flexibility index (Phi) is 12.3. The standard InChI is InChI=1S/C38H46ClF3N6O6/c39-30-21-24(20-29(34(30)43)38(40,41)42)22-32(35(51)46-16-8-26(9-17-46)25-6-13-45(14-7-25)15-12-33(49)50)54-37(53)47-18-10-28(11-19-47)48-23-31(44-36(48)52)27-4-2-1-3-5-27/h1-5,20-21,23,25-26,28,32H,6-19,22,43H2,(H,44,52)(H,49,50)/t32-/m1/s1. The number of carboxylic acids is 1. The number of aliphatic carboxylic acids is 1. The van der Waals surface area contributed by atoms with Gasteiger partial charge in [-0.25, -0.2) is 9.59 Å². The highest BCUT2D eigenvalue weighted by Gasteiger charge is 2.38. The lowest BCUT2D eigenvalue weighted by molar-refractivity contribution is -0.143. The molecule has 0 bridgehead atoms. The fourth-order valence-electron chi connectivity index (χ4n) is 8.08. The van der Waals surface area contributed by atoms with Gasteiger partial charge in [0.15, 0.2) is 6.10 Å². The molecule has 2 amide bonds. The molecule has 292 valence electrons. The minimum Gasteiger partial charge on any atom is -0.481 e. The number of carboxylic acid groups (broad SMARTS) is 1. The van der Waals surface area contributed by atoms with Crippen molar-refractivity contribution in [2.45, 2.75) is 69.7 Å². The van der Waals surface area contributed by atoms with Gasteiger partial charge < -0.3 is 35.3 Å². The van der Waals surface area contributed by atoms with E-state index >= 15 is 0 Å². The minimum absolute atomic E-state index is 0.0528. The molecule has 0 saturated carbocycles. The van der Waals surface area contributed by atoms with Gasteiger partial charge >= 0.3 is 23.9 Å². The molecule has 6 rings (SSSR count). The summed E-state index contributed by atoms with van der Waals surface area (Å²) >= 11 is 6.11. The van der Waals surface area contributed by atoms with Crippen LogP contribution in [0.3, 0.4) is 0 Å². The summed E-state index contributed by atoms with van der Waals surface area (Å²) in [5, 5.41) is 8.69. The van der Waals surface area contributed by atoms with Crippen molar-refractivity contribution < 1.29 is 37.4 Å². The summed E-state index contributed by atoms with van der Waals surface area (Å²) in [7, 11) is 0. The molecule has 1 aromatic heterocycles. The lowest BCUT2D eigenvalue weighted by atomic mass is 9.78. The first-order valence-corrected chi connectivity index (χ1v) is 18.8. The number of alkyl halides is 3. The third-order valence-electron chi connectivity index (χ3n) is 11.2. The number of rotatable bonds is 10. The number of aromatic nitrogens is 2. The van der Waals surface area contributed by atoms with Crippen LogP contribution in [-0.2, 0) is 26.9 Å². The van der Waals surface area contributed by atoms with Gasteiger partial charge in [-0.1, -0.05) is 41.9 Å². The van der Waals surface area contributed by atoms with Crippen LogP contribution in [0.2, 0.25) is 5.02 Å². The zero-order valence-electron chi connectivity index (χ0n) is 29.9. The number of carbonyl (C=O) groups is 3. The van der Waals surface area contributed by atoms with Gasteiger partial charge in [-0.3, -0.25) is 14.2 Å². The molecule has 4 heterocycles. The average Bonchev–Trinajstić information content (AvgIpc) is 3.56. The second-order valence-corrected chi connectivity index (χ2v) is 15.0. The van der Waals surface area contributed by atoms with E-state index in [1.165, 1.54) is 11.0 Å². The number of imidazole rings is 1. The monoisotopic (exact) mass is 774 g/mol. The van der Waals surface area contributed by atoms with E-state index in [9.17, 15) is 32.3 Å². The number of hydrogen-bond acceptors (Lipinski definition) is 7. The number of aromatic amines is 1. The Balaban J connectivity index is 1.11. The van der Waals surface area contributed by atoms with Crippen LogP contribution in [-0.4, -0.2) is 99.2 Å². The summed E-state index contributed by atoms with van der Waals surface area (Å²) in [6, 6.07) is 11.4. The molecule has 0 aliphatic carbocycles. The number of ether oxygens (including phenoxy) is 1. The van der Waals surface area contributed by atoms with Gasteiger partial charge in [0.05, 0.1) is 28.4 Å². The number of H-pyrrole nitrogens is 1. The van der Waals surface area contributed by atoms with E-state index in [4.69, 9.17) is 27.2 Å². The van der Waals surface area contributed by atoms with E-state index in [1.807, 2.05) is 30.3 Å². The number of halogens is 4. The Bertz CT molecular complexity index is 1850. The second kappa shape index (κ2) is 16.9. The third-order valence-corrected chi connectivity index (χ3v) is 11.5. The van der Waals surface area contributed by atoms with Crippen molar-refractivity contribution in [2.24, 2.45) is 11.8 Å². The molecule has 3 saturated heterocycles. The van der Waals surface area contributed by atoms with Gasteiger partial charge in [-0.05, 0) is 86.7 Å². The van der Waals surface area contributed by atoms with Crippen molar-refractivity contribution in [1.29, 1.82) is 0 Å². The van der Waals surface area contributed by atoms with E-state index < -0.39 is 41.5 Å². The summed E-state index contributed by atoms with van der Waals surface area (Å²) in [4.78, 5) is 59.6. The first kappa shape index (κ1) is 39.2. The first-order valence-electron chi connectivity index (χ1n) is 18.5. The molecule has 4 N–H and O–H groups in total. The molecule has 3 aliphatic heterocycles. The number of benzene rings is 2. The number of nitrogens with two attached hydrogens (primary N) is 1. The van der Waals surface area contributed by atoms with Gasteiger partial charge in [0.2, 0.25) is 0 Å². The number of nitrogens with zero attached hydrogens (tertiary/aromatic N) is 4. The number of nitrogen functional groups attached to an aromatic ring is 1. The molecule has 3 aliphatic rings. The Hall–Kier alpha value is -4.50. The van der Waals surface area contributed by atoms with Crippen LogP contribution in [0.5, 0.6) is 0 Å². The van der Waals surface area contributed by atoms with Gasteiger partial charge in [0, 0.05) is 51.4 Å². The quantitative estimate of drug-likeness (QED) is 0.215. The maximum atomic E-state index is 14.1. The Morgan fingerprint density at radius 3 is 2.15 bits per heavy atom. The number of nitrogens with one attached hydrogen (secondary N) is 1. The second-order valence-electron chi connectivity index (χ2n) is 14.6. The molecular formula is C38H46ClF3N6O6. The van der Waals surface area contributed by atoms with Crippen molar-refractivity contribution in [2.75, 3.05) is 51.5 Å². The molecule has 54 heavy (non-hydrogen) atoms. The number of carbonyl (C=O) groups excluding carboxylic acids is 2. The van der Waals surface area contributed by atoms with Crippen LogP contribution in [0.4, 0.5) is 23.7 Å². The SMILES string of the molecule is Nc1c(Cl)cc(C[C@@H](OC(=O)N2CCC(n3cc(-c4ccccc4)[nH]c3=O)CC2)C(=O)N2CCC(C3CCN(CCC(=O)O)CC3)CC2)cc1C(F)(F)F. The maximum Gasteiger partial charge on any atom is 0.418 e. The van der Waals surface area contributed by atoms with E-state index in [-0.39, 0.29) is 48.2 Å². The molecular weight excluding hydrogens is 729 g/mol.